The van der Waals surface area contributed by atoms with E-state index in [0.29, 0.717) is 6.42 Å². The first-order valence-electron chi connectivity index (χ1n) is 6.72. The topological polar surface area (TPSA) is 52.3 Å². The van der Waals surface area contributed by atoms with E-state index in [4.69, 9.17) is 10.5 Å². The van der Waals surface area contributed by atoms with E-state index in [9.17, 15) is 4.79 Å². The Bertz CT molecular complexity index is 188. The van der Waals surface area contributed by atoms with Gasteiger partial charge in [0, 0.05) is 6.42 Å². The number of ether oxygens (including phenoxy) is 1. The van der Waals surface area contributed by atoms with E-state index in [-0.39, 0.29) is 12.1 Å². The number of hydrogen-bond donors (Lipinski definition) is 1. The fourth-order valence-corrected chi connectivity index (χ4v) is 2.20. The Kier molecular flexibility index (Phi) is 7.23. The lowest BCUT2D eigenvalue weighted by Crippen LogP contribution is -2.20. The molecule has 0 saturated heterocycles. The standard InChI is InChI=1S/C13H25NO2/c14-11-7-2-1-6-10-13(15)16-12-8-4-3-5-9-12/h12H,1-11,14H2. The molecule has 0 bridgehead atoms. The molecule has 0 heterocycles. The second kappa shape index (κ2) is 8.57. The van der Waals surface area contributed by atoms with Crippen LogP contribution in [0.15, 0.2) is 0 Å². The SMILES string of the molecule is NCCCCCCC(=O)OC1CCCCC1. The zero-order chi connectivity index (χ0) is 11.6. The number of carbonyl (C=O) groups excluding carboxylic acids is 1. The maximum atomic E-state index is 11.5. The van der Waals surface area contributed by atoms with Crippen LogP contribution in [0, 0.1) is 0 Å². The van der Waals surface area contributed by atoms with Gasteiger partial charge in [-0.1, -0.05) is 19.3 Å². The lowest BCUT2D eigenvalue weighted by Gasteiger charge is -2.21. The Hall–Kier alpha value is -0.570. The first kappa shape index (κ1) is 13.5. The Balaban J connectivity index is 1.97. The first-order valence-corrected chi connectivity index (χ1v) is 6.72. The minimum absolute atomic E-state index is 0.000325. The third-order valence-electron chi connectivity index (χ3n) is 3.19. The highest BCUT2D eigenvalue weighted by Gasteiger charge is 2.16. The lowest BCUT2D eigenvalue weighted by molar-refractivity contribution is -0.150. The average Bonchev–Trinajstić information content (AvgIpc) is 2.30. The van der Waals surface area contributed by atoms with Crippen molar-refractivity contribution in [3.05, 3.63) is 0 Å². The van der Waals surface area contributed by atoms with Gasteiger partial charge in [-0.25, -0.2) is 0 Å². The van der Waals surface area contributed by atoms with Gasteiger partial charge in [0.05, 0.1) is 0 Å². The summed E-state index contributed by atoms with van der Waals surface area (Å²) in [5, 5.41) is 0. The molecule has 2 N–H and O–H groups in total. The summed E-state index contributed by atoms with van der Waals surface area (Å²) in [5.74, 6) is -0.000325. The summed E-state index contributed by atoms with van der Waals surface area (Å²) in [4.78, 5) is 11.5. The number of nitrogens with two attached hydrogens (primary N) is 1. The molecule has 16 heavy (non-hydrogen) atoms. The highest BCUT2D eigenvalue weighted by molar-refractivity contribution is 5.69. The second-order valence-corrected chi connectivity index (χ2v) is 4.70. The van der Waals surface area contributed by atoms with Crippen LogP contribution in [-0.4, -0.2) is 18.6 Å². The summed E-state index contributed by atoms with van der Waals surface area (Å²) in [6.07, 6.45) is 10.9. The molecular formula is C13H25NO2. The predicted octanol–water partition coefficient (Wildman–Crippen LogP) is 2.77. The van der Waals surface area contributed by atoms with E-state index in [1.807, 2.05) is 0 Å². The van der Waals surface area contributed by atoms with Gasteiger partial charge >= 0.3 is 5.97 Å². The van der Waals surface area contributed by atoms with Crippen LogP contribution < -0.4 is 5.73 Å². The molecule has 0 unspecified atom stereocenters. The number of hydrogen-bond acceptors (Lipinski definition) is 3. The minimum Gasteiger partial charge on any atom is -0.462 e. The van der Waals surface area contributed by atoms with Crippen LogP contribution in [0.2, 0.25) is 0 Å². The molecule has 1 saturated carbocycles. The number of unbranched alkanes of at least 4 members (excludes halogenated alkanes) is 3. The third-order valence-corrected chi connectivity index (χ3v) is 3.19. The number of esters is 1. The highest BCUT2D eigenvalue weighted by Crippen LogP contribution is 2.20. The number of carbonyl (C=O) groups is 1. The lowest BCUT2D eigenvalue weighted by atomic mass is 9.98. The quantitative estimate of drug-likeness (QED) is 0.537. The van der Waals surface area contributed by atoms with Crippen molar-refractivity contribution in [1.82, 2.24) is 0 Å². The maximum absolute atomic E-state index is 11.5. The van der Waals surface area contributed by atoms with E-state index in [2.05, 4.69) is 0 Å². The van der Waals surface area contributed by atoms with E-state index < -0.39 is 0 Å². The summed E-state index contributed by atoms with van der Waals surface area (Å²) in [6, 6.07) is 0. The van der Waals surface area contributed by atoms with E-state index in [0.717, 1.165) is 45.1 Å². The van der Waals surface area contributed by atoms with Crippen molar-refractivity contribution >= 4 is 5.97 Å². The van der Waals surface area contributed by atoms with Gasteiger partial charge < -0.3 is 10.5 Å². The summed E-state index contributed by atoms with van der Waals surface area (Å²) in [6.45, 7) is 0.756. The Morgan fingerprint density at radius 3 is 2.44 bits per heavy atom. The Morgan fingerprint density at radius 1 is 1.06 bits per heavy atom. The molecule has 1 aliphatic carbocycles. The van der Waals surface area contributed by atoms with Gasteiger partial charge in [0.2, 0.25) is 0 Å². The summed E-state index contributed by atoms with van der Waals surface area (Å²) < 4.78 is 5.43. The van der Waals surface area contributed by atoms with E-state index in [1.54, 1.807) is 0 Å². The summed E-state index contributed by atoms with van der Waals surface area (Å²) in [7, 11) is 0. The van der Waals surface area contributed by atoms with Crippen LogP contribution in [0.3, 0.4) is 0 Å². The molecule has 0 amide bonds. The maximum Gasteiger partial charge on any atom is 0.306 e. The second-order valence-electron chi connectivity index (χ2n) is 4.70. The molecule has 0 radical (unpaired) electrons. The molecule has 0 aliphatic heterocycles. The Morgan fingerprint density at radius 2 is 1.75 bits per heavy atom. The molecule has 0 aromatic rings. The summed E-state index contributed by atoms with van der Waals surface area (Å²) >= 11 is 0. The van der Waals surface area contributed by atoms with Gasteiger partial charge in [-0.2, -0.15) is 0 Å². The van der Waals surface area contributed by atoms with Crippen LogP contribution in [0.4, 0.5) is 0 Å². The van der Waals surface area contributed by atoms with Crippen LogP contribution in [0.5, 0.6) is 0 Å². The first-order chi connectivity index (χ1) is 7.83. The van der Waals surface area contributed by atoms with Crippen molar-refractivity contribution in [1.29, 1.82) is 0 Å². The minimum atomic E-state index is -0.000325. The molecule has 3 heteroatoms. The van der Waals surface area contributed by atoms with Crippen molar-refractivity contribution in [2.75, 3.05) is 6.54 Å². The molecular weight excluding hydrogens is 202 g/mol. The van der Waals surface area contributed by atoms with E-state index >= 15 is 0 Å². The van der Waals surface area contributed by atoms with Gasteiger partial charge in [-0.05, 0) is 45.1 Å². The molecule has 0 spiro atoms. The van der Waals surface area contributed by atoms with Crippen LogP contribution in [-0.2, 0) is 9.53 Å². The van der Waals surface area contributed by atoms with Crippen molar-refractivity contribution in [2.45, 2.75) is 70.3 Å². The van der Waals surface area contributed by atoms with Gasteiger partial charge in [0.15, 0.2) is 0 Å². The van der Waals surface area contributed by atoms with Crippen molar-refractivity contribution in [3.63, 3.8) is 0 Å². The third kappa shape index (κ3) is 6.11. The molecule has 1 aliphatic rings. The molecule has 0 atom stereocenters. The number of rotatable bonds is 7. The molecule has 3 nitrogen and oxygen atoms in total. The normalized spacial score (nSPS) is 17.3. The van der Waals surface area contributed by atoms with Crippen molar-refractivity contribution in [2.24, 2.45) is 5.73 Å². The van der Waals surface area contributed by atoms with Crippen molar-refractivity contribution in [3.8, 4) is 0 Å². The molecule has 94 valence electrons. The largest absolute Gasteiger partial charge is 0.462 e. The molecule has 0 aromatic carbocycles. The zero-order valence-corrected chi connectivity index (χ0v) is 10.2. The fourth-order valence-electron chi connectivity index (χ4n) is 2.20. The molecule has 0 aromatic heterocycles. The average molecular weight is 227 g/mol. The van der Waals surface area contributed by atoms with Crippen molar-refractivity contribution < 1.29 is 9.53 Å². The zero-order valence-electron chi connectivity index (χ0n) is 10.2. The van der Waals surface area contributed by atoms with Crippen LogP contribution in [0.1, 0.15) is 64.2 Å². The van der Waals surface area contributed by atoms with Gasteiger partial charge in [0.25, 0.3) is 0 Å². The van der Waals surface area contributed by atoms with Gasteiger partial charge in [-0.3, -0.25) is 4.79 Å². The molecule has 1 rings (SSSR count). The Labute approximate surface area is 98.7 Å². The monoisotopic (exact) mass is 227 g/mol. The van der Waals surface area contributed by atoms with Crippen LogP contribution >= 0.6 is 0 Å². The predicted molar refractivity (Wildman–Crippen MR) is 65.1 cm³/mol. The highest BCUT2D eigenvalue weighted by atomic mass is 16.5. The smallest absolute Gasteiger partial charge is 0.306 e. The molecule has 1 fully saturated rings. The van der Waals surface area contributed by atoms with Gasteiger partial charge in [0.1, 0.15) is 6.10 Å². The van der Waals surface area contributed by atoms with Gasteiger partial charge in [-0.15, -0.1) is 0 Å². The summed E-state index contributed by atoms with van der Waals surface area (Å²) in [5.41, 5.74) is 5.40. The van der Waals surface area contributed by atoms with E-state index in [1.165, 1.54) is 19.3 Å². The fraction of sp³-hybridized carbons (Fsp3) is 0.923. The van der Waals surface area contributed by atoms with Crippen LogP contribution in [0.25, 0.3) is 0 Å².